The molecule has 0 aliphatic rings. The highest BCUT2D eigenvalue weighted by Gasteiger charge is 2.16. The van der Waals surface area contributed by atoms with E-state index in [9.17, 15) is 4.79 Å². The lowest BCUT2D eigenvalue weighted by Gasteiger charge is -2.13. The number of fused-ring (bicyclic) bond motifs is 1. The molecule has 156 valence electrons. The maximum atomic E-state index is 13.2. The molecule has 0 unspecified atom stereocenters. The minimum atomic E-state index is -0.184. The SMILES string of the molecule is CCc1ccc(NC(=O)c2cc(-c3ccc(OC)cc3OC)nc3ccccc23)cc1. The third-order valence-corrected chi connectivity index (χ3v) is 5.27. The van der Waals surface area contributed by atoms with Crippen LogP contribution in [0.4, 0.5) is 5.69 Å². The number of rotatable bonds is 6. The molecule has 0 aliphatic carbocycles. The van der Waals surface area contributed by atoms with Crippen molar-refractivity contribution in [2.24, 2.45) is 0 Å². The largest absolute Gasteiger partial charge is 0.497 e. The first-order chi connectivity index (χ1) is 15.1. The summed E-state index contributed by atoms with van der Waals surface area (Å²) in [7, 11) is 3.21. The average molecular weight is 412 g/mol. The van der Waals surface area contributed by atoms with Crippen LogP contribution in [0.3, 0.4) is 0 Å². The Labute approximate surface area is 181 Å². The third kappa shape index (κ3) is 4.21. The fourth-order valence-electron chi connectivity index (χ4n) is 3.53. The number of carbonyl (C=O) groups excluding carboxylic acids is 1. The van der Waals surface area contributed by atoms with Crippen molar-refractivity contribution < 1.29 is 14.3 Å². The molecule has 1 aromatic heterocycles. The van der Waals surface area contributed by atoms with Crippen LogP contribution in [0.1, 0.15) is 22.8 Å². The van der Waals surface area contributed by atoms with E-state index in [1.807, 2.05) is 66.7 Å². The van der Waals surface area contributed by atoms with Crippen LogP contribution in [-0.4, -0.2) is 25.1 Å². The van der Waals surface area contributed by atoms with E-state index < -0.39 is 0 Å². The van der Waals surface area contributed by atoms with E-state index in [0.29, 0.717) is 22.8 Å². The zero-order chi connectivity index (χ0) is 21.8. The molecular formula is C26H24N2O3. The molecule has 5 heteroatoms. The normalized spacial score (nSPS) is 10.7. The predicted molar refractivity (Wildman–Crippen MR) is 124 cm³/mol. The molecule has 0 spiro atoms. The molecule has 0 aliphatic heterocycles. The van der Waals surface area contributed by atoms with Crippen LogP contribution >= 0.6 is 0 Å². The Balaban J connectivity index is 1.79. The van der Waals surface area contributed by atoms with Crippen molar-refractivity contribution in [1.82, 2.24) is 4.98 Å². The Morgan fingerprint density at radius 2 is 1.71 bits per heavy atom. The summed E-state index contributed by atoms with van der Waals surface area (Å²) in [6.07, 6.45) is 0.955. The second-order valence-corrected chi connectivity index (χ2v) is 7.14. The number of ether oxygens (including phenoxy) is 2. The molecule has 0 saturated heterocycles. The zero-order valence-corrected chi connectivity index (χ0v) is 17.8. The van der Waals surface area contributed by atoms with Crippen molar-refractivity contribution in [2.45, 2.75) is 13.3 Å². The molecule has 1 N–H and O–H groups in total. The monoisotopic (exact) mass is 412 g/mol. The molecule has 4 rings (SSSR count). The van der Waals surface area contributed by atoms with E-state index in [2.05, 4.69) is 12.2 Å². The quantitative estimate of drug-likeness (QED) is 0.439. The molecule has 1 amide bonds. The molecule has 3 aromatic carbocycles. The van der Waals surface area contributed by atoms with Crippen molar-refractivity contribution in [2.75, 3.05) is 19.5 Å². The average Bonchev–Trinajstić information content (AvgIpc) is 2.83. The number of para-hydroxylation sites is 1. The van der Waals surface area contributed by atoms with Gasteiger partial charge in [0.25, 0.3) is 5.91 Å². The second kappa shape index (κ2) is 8.88. The number of hydrogen-bond donors (Lipinski definition) is 1. The molecule has 5 nitrogen and oxygen atoms in total. The third-order valence-electron chi connectivity index (χ3n) is 5.27. The molecule has 0 atom stereocenters. The minimum absolute atomic E-state index is 0.184. The lowest BCUT2D eigenvalue weighted by Crippen LogP contribution is -2.13. The molecular weight excluding hydrogens is 388 g/mol. The van der Waals surface area contributed by atoms with Gasteiger partial charge in [-0.25, -0.2) is 4.98 Å². The molecule has 4 aromatic rings. The van der Waals surface area contributed by atoms with Gasteiger partial charge in [-0.15, -0.1) is 0 Å². The Morgan fingerprint density at radius 3 is 2.42 bits per heavy atom. The van der Waals surface area contributed by atoms with Crippen LogP contribution in [-0.2, 0) is 6.42 Å². The number of benzene rings is 3. The summed E-state index contributed by atoms with van der Waals surface area (Å²) in [5.41, 5.74) is 4.72. The standard InChI is InChI=1S/C26H24N2O3/c1-4-17-9-11-18(12-10-17)27-26(29)22-16-24(28-23-8-6-5-7-20(22)23)21-14-13-19(30-2)15-25(21)31-3/h5-16H,4H2,1-3H3,(H,27,29). The lowest BCUT2D eigenvalue weighted by atomic mass is 10.0. The Bertz CT molecular complexity index is 1230. The predicted octanol–water partition coefficient (Wildman–Crippen LogP) is 5.73. The second-order valence-electron chi connectivity index (χ2n) is 7.14. The number of methoxy groups -OCH3 is 2. The number of aromatic nitrogens is 1. The highest BCUT2D eigenvalue weighted by atomic mass is 16.5. The van der Waals surface area contributed by atoms with Crippen molar-refractivity contribution in [1.29, 1.82) is 0 Å². The van der Waals surface area contributed by atoms with Crippen molar-refractivity contribution in [3.8, 4) is 22.8 Å². The van der Waals surface area contributed by atoms with Gasteiger partial charge in [-0.05, 0) is 48.4 Å². The van der Waals surface area contributed by atoms with Crippen LogP contribution in [0.25, 0.3) is 22.2 Å². The number of anilines is 1. The first-order valence-electron chi connectivity index (χ1n) is 10.2. The van der Waals surface area contributed by atoms with Crippen LogP contribution in [0.5, 0.6) is 11.5 Å². The van der Waals surface area contributed by atoms with Gasteiger partial charge in [0.2, 0.25) is 0 Å². The number of pyridine rings is 1. The van der Waals surface area contributed by atoms with Gasteiger partial charge in [0.15, 0.2) is 0 Å². The summed E-state index contributed by atoms with van der Waals surface area (Å²) in [6, 6.07) is 22.9. The summed E-state index contributed by atoms with van der Waals surface area (Å²) in [6.45, 7) is 2.10. The van der Waals surface area contributed by atoms with E-state index in [1.54, 1.807) is 20.3 Å². The Morgan fingerprint density at radius 1 is 0.935 bits per heavy atom. The Kier molecular flexibility index (Phi) is 5.85. The highest BCUT2D eigenvalue weighted by molar-refractivity contribution is 6.13. The van der Waals surface area contributed by atoms with Gasteiger partial charge in [-0.1, -0.05) is 37.3 Å². The summed E-state index contributed by atoms with van der Waals surface area (Å²) in [5, 5.41) is 3.80. The van der Waals surface area contributed by atoms with E-state index in [1.165, 1.54) is 5.56 Å². The summed E-state index contributed by atoms with van der Waals surface area (Å²) in [4.78, 5) is 18.0. The lowest BCUT2D eigenvalue weighted by molar-refractivity contribution is 0.102. The molecule has 0 bridgehead atoms. The maximum Gasteiger partial charge on any atom is 0.256 e. The molecule has 0 fully saturated rings. The van der Waals surface area contributed by atoms with Gasteiger partial charge in [0.05, 0.1) is 31.0 Å². The van der Waals surface area contributed by atoms with Gasteiger partial charge in [-0.3, -0.25) is 4.79 Å². The van der Waals surface area contributed by atoms with E-state index in [0.717, 1.165) is 28.6 Å². The molecule has 0 saturated carbocycles. The Hall–Kier alpha value is -3.86. The van der Waals surface area contributed by atoms with Crippen molar-refractivity contribution in [3.63, 3.8) is 0 Å². The molecule has 1 heterocycles. The minimum Gasteiger partial charge on any atom is -0.497 e. The van der Waals surface area contributed by atoms with Gasteiger partial charge in [-0.2, -0.15) is 0 Å². The van der Waals surface area contributed by atoms with Crippen LogP contribution < -0.4 is 14.8 Å². The number of carbonyl (C=O) groups is 1. The van der Waals surface area contributed by atoms with Gasteiger partial charge in [0, 0.05) is 22.7 Å². The number of nitrogens with one attached hydrogen (secondary N) is 1. The van der Waals surface area contributed by atoms with Crippen LogP contribution in [0.15, 0.2) is 72.8 Å². The first kappa shape index (κ1) is 20.4. The molecule has 0 radical (unpaired) electrons. The van der Waals surface area contributed by atoms with Crippen LogP contribution in [0, 0.1) is 0 Å². The van der Waals surface area contributed by atoms with Crippen molar-refractivity contribution in [3.05, 3.63) is 83.9 Å². The zero-order valence-electron chi connectivity index (χ0n) is 17.8. The number of hydrogen-bond acceptors (Lipinski definition) is 4. The summed E-state index contributed by atoms with van der Waals surface area (Å²) in [5.74, 6) is 1.13. The number of aryl methyl sites for hydroxylation is 1. The fraction of sp³-hybridized carbons (Fsp3) is 0.154. The smallest absolute Gasteiger partial charge is 0.256 e. The van der Waals surface area contributed by atoms with E-state index >= 15 is 0 Å². The van der Waals surface area contributed by atoms with E-state index in [4.69, 9.17) is 14.5 Å². The first-order valence-corrected chi connectivity index (χ1v) is 10.2. The van der Waals surface area contributed by atoms with Crippen LogP contribution in [0.2, 0.25) is 0 Å². The maximum absolute atomic E-state index is 13.2. The summed E-state index contributed by atoms with van der Waals surface area (Å²) < 4.78 is 10.8. The van der Waals surface area contributed by atoms with E-state index in [-0.39, 0.29) is 5.91 Å². The van der Waals surface area contributed by atoms with Gasteiger partial charge in [0.1, 0.15) is 11.5 Å². The van der Waals surface area contributed by atoms with Gasteiger partial charge >= 0.3 is 0 Å². The van der Waals surface area contributed by atoms with Crippen molar-refractivity contribution >= 4 is 22.5 Å². The number of amides is 1. The summed E-state index contributed by atoms with van der Waals surface area (Å²) >= 11 is 0. The molecule has 31 heavy (non-hydrogen) atoms. The van der Waals surface area contributed by atoms with Gasteiger partial charge < -0.3 is 14.8 Å². The highest BCUT2D eigenvalue weighted by Crippen LogP contribution is 2.34. The number of nitrogens with zero attached hydrogens (tertiary/aromatic N) is 1. The fourth-order valence-corrected chi connectivity index (χ4v) is 3.53. The topological polar surface area (TPSA) is 60.5 Å².